The molecule has 0 saturated heterocycles. The van der Waals surface area contributed by atoms with Gasteiger partial charge in [0.25, 0.3) is 0 Å². The summed E-state index contributed by atoms with van der Waals surface area (Å²) >= 11 is 0. The number of pyridine rings is 1. The highest BCUT2D eigenvalue weighted by Crippen LogP contribution is 2.35. The second-order valence-corrected chi connectivity index (χ2v) is 7.02. The van der Waals surface area contributed by atoms with E-state index in [9.17, 15) is 5.26 Å². The van der Waals surface area contributed by atoms with E-state index in [1.165, 1.54) is 5.56 Å². The van der Waals surface area contributed by atoms with Crippen molar-refractivity contribution in [1.82, 2.24) is 4.98 Å². The lowest BCUT2D eigenvalue weighted by atomic mass is 9.73. The molecule has 3 heteroatoms. The minimum atomic E-state index is -0.553. The first-order valence-electron chi connectivity index (χ1n) is 9.59. The number of ether oxygens (including phenoxy) is 1. The molecule has 3 aromatic rings. The molecule has 2 aromatic carbocycles. The summed E-state index contributed by atoms with van der Waals surface area (Å²) in [5, 5.41) is 11.3. The van der Waals surface area contributed by atoms with Crippen LogP contribution in [0.2, 0.25) is 0 Å². The summed E-state index contributed by atoms with van der Waals surface area (Å²) in [5.41, 5.74) is 3.64. The molecule has 0 bridgehead atoms. The van der Waals surface area contributed by atoms with Gasteiger partial charge in [-0.2, -0.15) is 5.26 Å². The summed E-state index contributed by atoms with van der Waals surface area (Å²) in [7, 11) is 1.66. The van der Waals surface area contributed by atoms with Crippen LogP contribution in [0.4, 0.5) is 0 Å². The molecule has 1 aromatic heterocycles. The van der Waals surface area contributed by atoms with E-state index in [1.54, 1.807) is 7.11 Å². The Balaban J connectivity index is 2.11. The first-order chi connectivity index (χ1) is 13.2. The van der Waals surface area contributed by atoms with Crippen LogP contribution in [0.15, 0.2) is 54.6 Å². The number of nitrogens with zero attached hydrogens (tertiary/aromatic N) is 2. The van der Waals surface area contributed by atoms with Crippen LogP contribution in [0.3, 0.4) is 0 Å². The van der Waals surface area contributed by atoms with Gasteiger partial charge in [-0.05, 0) is 42.5 Å². The molecule has 0 N–H and O–H groups in total. The highest BCUT2D eigenvalue weighted by atomic mass is 16.5. The van der Waals surface area contributed by atoms with Crippen molar-refractivity contribution < 1.29 is 4.74 Å². The summed E-state index contributed by atoms with van der Waals surface area (Å²) in [6.45, 7) is 4.23. The van der Waals surface area contributed by atoms with Crippen LogP contribution in [0, 0.1) is 11.3 Å². The summed E-state index contributed by atoms with van der Waals surface area (Å²) in [5.74, 6) is 0.670. The van der Waals surface area contributed by atoms with Crippen LogP contribution in [0.25, 0.3) is 10.9 Å². The van der Waals surface area contributed by atoms with Gasteiger partial charge < -0.3 is 4.74 Å². The Kier molecular flexibility index (Phi) is 5.76. The fraction of sp³-hybridized carbons (Fsp3) is 0.333. The molecule has 0 spiro atoms. The van der Waals surface area contributed by atoms with Crippen molar-refractivity contribution in [3.8, 4) is 11.9 Å². The number of benzene rings is 2. The minimum Gasteiger partial charge on any atom is -0.481 e. The number of hydrogen-bond acceptors (Lipinski definition) is 3. The lowest BCUT2D eigenvalue weighted by Gasteiger charge is -2.27. The Morgan fingerprint density at radius 1 is 1.07 bits per heavy atom. The van der Waals surface area contributed by atoms with E-state index in [1.807, 2.05) is 18.2 Å². The van der Waals surface area contributed by atoms with Crippen LogP contribution in [-0.2, 0) is 18.3 Å². The summed E-state index contributed by atoms with van der Waals surface area (Å²) in [6.07, 6.45) is 3.34. The fourth-order valence-corrected chi connectivity index (χ4v) is 3.79. The van der Waals surface area contributed by atoms with E-state index in [0.29, 0.717) is 12.3 Å². The number of nitriles is 1. The molecule has 138 valence electrons. The highest BCUT2D eigenvalue weighted by molar-refractivity contribution is 5.81. The molecule has 0 aliphatic carbocycles. The predicted molar refractivity (Wildman–Crippen MR) is 110 cm³/mol. The average molecular weight is 358 g/mol. The summed E-state index contributed by atoms with van der Waals surface area (Å²) in [6, 6.07) is 21.3. The maximum Gasteiger partial charge on any atom is 0.216 e. The number of aromatic nitrogens is 1. The first-order valence-corrected chi connectivity index (χ1v) is 9.59. The zero-order valence-electron chi connectivity index (χ0n) is 16.3. The Morgan fingerprint density at radius 2 is 1.85 bits per heavy atom. The Labute approximate surface area is 161 Å². The first kappa shape index (κ1) is 18.9. The van der Waals surface area contributed by atoms with Crippen molar-refractivity contribution in [3.63, 3.8) is 0 Å². The molecule has 1 atom stereocenters. The Hall–Kier alpha value is -2.86. The van der Waals surface area contributed by atoms with Gasteiger partial charge in [-0.15, -0.1) is 0 Å². The lowest BCUT2D eigenvalue weighted by Crippen LogP contribution is -2.27. The van der Waals surface area contributed by atoms with Gasteiger partial charge >= 0.3 is 0 Å². The third kappa shape index (κ3) is 3.80. The standard InChI is InChI=1S/C24H26N2O/c1-4-13-24(17-25,16-18-9-7-6-8-10-18)21-12-11-20-14-19(5-2)23(27-3)26-22(20)15-21/h6-12,14-15H,4-5,13,16H2,1-3H3. The quantitative estimate of drug-likeness (QED) is 0.551. The monoisotopic (exact) mass is 358 g/mol. The van der Waals surface area contributed by atoms with E-state index < -0.39 is 5.41 Å². The van der Waals surface area contributed by atoms with Gasteiger partial charge in [0, 0.05) is 10.9 Å². The maximum absolute atomic E-state index is 10.2. The van der Waals surface area contributed by atoms with Crippen molar-refractivity contribution in [2.75, 3.05) is 7.11 Å². The van der Waals surface area contributed by atoms with Crippen molar-refractivity contribution in [2.45, 2.75) is 44.9 Å². The topological polar surface area (TPSA) is 45.9 Å². The number of fused-ring (bicyclic) bond motifs is 1. The van der Waals surface area contributed by atoms with Crippen molar-refractivity contribution in [2.24, 2.45) is 0 Å². The molecule has 0 saturated carbocycles. The van der Waals surface area contributed by atoms with Gasteiger partial charge in [0.05, 0.1) is 24.1 Å². The van der Waals surface area contributed by atoms with Crippen LogP contribution in [0.1, 0.15) is 43.4 Å². The van der Waals surface area contributed by atoms with E-state index in [0.717, 1.165) is 41.3 Å². The van der Waals surface area contributed by atoms with Crippen molar-refractivity contribution in [3.05, 3.63) is 71.3 Å². The zero-order chi connectivity index (χ0) is 19.3. The van der Waals surface area contributed by atoms with Gasteiger partial charge in [0.1, 0.15) is 0 Å². The fourth-order valence-electron chi connectivity index (χ4n) is 3.79. The van der Waals surface area contributed by atoms with Crippen LogP contribution in [-0.4, -0.2) is 12.1 Å². The van der Waals surface area contributed by atoms with Gasteiger partial charge in [-0.1, -0.05) is 62.7 Å². The van der Waals surface area contributed by atoms with Gasteiger partial charge in [0.15, 0.2) is 0 Å². The smallest absolute Gasteiger partial charge is 0.216 e. The molecule has 3 nitrogen and oxygen atoms in total. The predicted octanol–water partition coefficient (Wildman–Crippen LogP) is 5.61. The van der Waals surface area contributed by atoms with Gasteiger partial charge in [0.2, 0.25) is 5.88 Å². The summed E-state index contributed by atoms with van der Waals surface area (Å²) < 4.78 is 5.46. The third-order valence-electron chi connectivity index (χ3n) is 5.22. The highest BCUT2D eigenvalue weighted by Gasteiger charge is 2.32. The second-order valence-electron chi connectivity index (χ2n) is 7.02. The van der Waals surface area contributed by atoms with E-state index in [-0.39, 0.29) is 0 Å². The molecule has 0 amide bonds. The number of rotatable bonds is 7. The largest absolute Gasteiger partial charge is 0.481 e. The average Bonchev–Trinajstić information content (AvgIpc) is 2.72. The van der Waals surface area contributed by atoms with Crippen molar-refractivity contribution in [1.29, 1.82) is 5.26 Å². The molecule has 1 unspecified atom stereocenters. The van der Waals surface area contributed by atoms with Crippen molar-refractivity contribution >= 4 is 10.9 Å². The maximum atomic E-state index is 10.2. The zero-order valence-corrected chi connectivity index (χ0v) is 16.3. The molecular weight excluding hydrogens is 332 g/mol. The molecule has 0 aliphatic rings. The molecule has 0 fully saturated rings. The molecule has 3 rings (SSSR count). The van der Waals surface area contributed by atoms with Gasteiger partial charge in [-0.3, -0.25) is 0 Å². The molecule has 0 aliphatic heterocycles. The van der Waals surface area contributed by atoms with Crippen LogP contribution in [0.5, 0.6) is 5.88 Å². The minimum absolute atomic E-state index is 0.553. The summed E-state index contributed by atoms with van der Waals surface area (Å²) in [4.78, 5) is 4.71. The number of aryl methyl sites for hydroxylation is 1. The lowest BCUT2D eigenvalue weighted by molar-refractivity contribution is 0.394. The third-order valence-corrected chi connectivity index (χ3v) is 5.22. The van der Waals surface area contributed by atoms with Gasteiger partial charge in [-0.25, -0.2) is 4.98 Å². The van der Waals surface area contributed by atoms with Crippen LogP contribution < -0.4 is 4.74 Å². The Bertz CT molecular complexity index is 959. The second kappa shape index (κ2) is 8.22. The normalized spacial score (nSPS) is 13.1. The molecular formula is C24H26N2O. The van der Waals surface area contributed by atoms with Crippen LogP contribution >= 0.6 is 0 Å². The van der Waals surface area contributed by atoms with E-state index in [4.69, 9.17) is 9.72 Å². The van der Waals surface area contributed by atoms with E-state index >= 15 is 0 Å². The molecule has 1 heterocycles. The molecule has 0 radical (unpaired) electrons. The Morgan fingerprint density at radius 3 is 2.48 bits per heavy atom. The molecule has 27 heavy (non-hydrogen) atoms. The SMILES string of the molecule is CCCC(C#N)(Cc1ccccc1)c1ccc2cc(CC)c(OC)nc2c1. The number of methoxy groups -OCH3 is 1. The van der Waals surface area contributed by atoms with E-state index in [2.05, 4.69) is 56.3 Å². The number of hydrogen-bond donors (Lipinski definition) is 0.